The van der Waals surface area contributed by atoms with Gasteiger partial charge >= 0.3 is 0 Å². The third-order valence-corrected chi connectivity index (χ3v) is 3.81. The molecule has 3 nitrogen and oxygen atoms in total. The number of rotatable bonds is 3. The van der Waals surface area contributed by atoms with Crippen LogP contribution in [-0.4, -0.2) is 16.0 Å². The van der Waals surface area contributed by atoms with Crippen LogP contribution in [0.1, 0.15) is 6.92 Å². The highest BCUT2D eigenvalue weighted by atomic mass is 16.5. The summed E-state index contributed by atoms with van der Waals surface area (Å²) >= 11 is 0. The number of hydrogen-bond acceptors (Lipinski definition) is 2. The van der Waals surface area contributed by atoms with Gasteiger partial charge in [-0.3, -0.25) is 0 Å². The number of hydrogen-bond donors (Lipinski definition) is 0. The number of nitrogens with zero attached hydrogens (tertiary/aromatic N) is 2. The monoisotopic (exact) mass is 288 g/mol. The largest absolute Gasteiger partial charge is 0.494 e. The first-order chi connectivity index (χ1) is 10.8. The molecule has 3 heteroatoms. The Bertz CT molecular complexity index is 939. The molecule has 22 heavy (non-hydrogen) atoms. The fourth-order valence-electron chi connectivity index (χ4n) is 2.74. The van der Waals surface area contributed by atoms with Gasteiger partial charge in [0.05, 0.1) is 12.3 Å². The first-order valence-electron chi connectivity index (χ1n) is 7.45. The number of pyridine rings is 1. The molecule has 0 saturated carbocycles. The molecule has 108 valence electrons. The molecule has 0 atom stereocenters. The molecule has 4 aromatic rings. The molecular formula is C19H16N2O. The van der Waals surface area contributed by atoms with E-state index in [9.17, 15) is 0 Å². The molecule has 0 radical (unpaired) electrons. The number of benzene rings is 2. The molecule has 2 heterocycles. The third-order valence-electron chi connectivity index (χ3n) is 3.81. The molecule has 0 N–H and O–H groups in total. The van der Waals surface area contributed by atoms with Crippen LogP contribution in [0.5, 0.6) is 5.75 Å². The predicted molar refractivity (Wildman–Crippen MR) is 89.3 cm³/mol. The third kappa shape index (κ3) is 2.11. The van der Waals surface area contributed by atoms with Crippen LogP contribution in [0.2, 0.25) is 0 Å². The quantitative estimate of drug-likeness (QED) is 0.552. The summed E-state index contributed by atoms with van der Waals surface area (Å²) in [6.45, 7) is 2.67. The van der Waals surface area contributed by atoms with Crippen molar-refractivity contribution >= 4 is 16.4 Å². The van der Waals surface area contributed by atoms with Crippen molar-refractivity contribution in [3.05, 3.63) is 67.0 Å². The van der Waals surface area contributed by atoms with Crippen molar-refractivity contribution in [2.45, 2.75) is 6.92 Å². The van der Waals surface area contributed by atoms with Crippen LogP contribution in [0.15, 0.2) is 67.0 Å². The standard InChI is InChI=1S/C19H16N2O/c1-2-22-16-9-7-15(8-10-16)18-13-21-12-11-14-5-3-4-6-17(14)19(21)20-18/h3-13H,2H2,1H3. The van der Waals surface area contributed by atoms with Crippen LogP contribution in [0, 0.1) is 0 Å². The topological polar surface area (TPSA) is 26.5 Å². The Kier molecular flexibility index (Phi) is 3.04. The van der Waals surface area contributed by atoms with Crippen LogP contribution < -0.4 is 4.74 Å². The fourth-order valence-corrected chi connectivity index (χ4v) is 2.74. The van der Waals surface area contributed by atoms with Crippen molar-refractivity contribution in [2.75, 3.05) is 6.61 Å². The second kappa shape index (κ2) is 5.19. The first kappa shape index (κ1) is 12.9. The molecule has 0 unspecified atom stereocenters. The zero-order chi connectivity index (χ0) is 14.9. The van der Waals surface area contributed by atoms with Gasteiger partial charge < -0.3 is 9.14 Å². The van der Waals surface area contributed by atoms with Gasteiger partial charge in [-0.05, 0) is 42.6 Å². The van der Waals surface area contributed by atoms with Crippen LogP contribution >= 0.6 is 0 Å². The van der Waals surface area contributed by atoms with E-state index < -0.39 is 0 Å². The Hall–Kier alpha value is -2.81. The SMILES string of the molecule is CCOc1ccc(-c2cn3ccc4ccccc4c3n2)cc1. The van der Waals surface area contributed by atoms with Gasteiger partial charge in [0.15, 0.2) is 0 Å². The molecule has 2 aromatic heterocycles. The van der Waals surface area contributed by atoms with Crippen molar-refractivity contribution in [1.82, 2.24) is 9.38 Å². The maximum Gasteiger partial charge on any atom is 0.145 e. The molecule has 0 aliphatic carbocycles. The second-order valence-electron chi connectivity index (χ2n) is 5.22. The number of ether oxygens (including phenoxy) is 1. The van der Waals surface area contributed by atoms with E-state index in [4.69, 9.17) is 9.72 Å². The molecule has 0 spiro atoms. The highest BCUT2D eigenvalue weighted by Crippen LogP contribution is 2.25. The first-order valence-corrected chi connectivity index (χ1v) is 7.45. The molecule has 0 fully saturated rings. The minimum absolute atomic E-state index is 0.680. The van der Waals surface area contributed by atoms with E-state index in [1.807, 2.05) is 25.1 Å². The Balaban J connectivity index is 1.83. The van der Waals surface area contributed by atoms with Gasteiger partial charge in [0.25, 0.3) is 0 Å². The Morgan fingerprint density at radius 2 is 1.82 bits per heavy atom. The Morgan fingerprint density at radius 1 is 1.00 bits per heavy atom. The molecule has 0 saturated heterocycles. The zero-order valence-electron chi connectivity index (χ0n) is 12.4. The van der Waals surface area contributed by atoms with Gasteiger partial charge in [-0.2, -0.15) is 0 Å². The maximum atomic E-state index is 5.49. The van der Waals surface area contributed by atoms with E-state index in [2.05, 4.69) is 53.2 Å². The van der Waals surface area contributed by atoms with Crippen LogP contribution in [0.4, 0.5) is 0 Å². The van der Waals surface area contributed by atoms with Crippen LogP contribution in [0.3, 0.4) is 0 Å². The molecule has 2 aromatic carbocycles. The van der Waals surface area contributed by atoms with E-state index in [-0.39, 0.29) is 0 Å². The van der Waals surface area contributed by atoms with E-state index in [0.29, 0.717) is 6.61 Å². The van der Waals surface area contributed by atoms with Crippen molar-refractivity contribution in [3.8, 4) is 17.0 Å². The lowest BCUT2D eigenvalue weighted by Gasteiger charge is -2.02. The molecule has 4 rings (SSSR count). The molecule has 0 aliphatic heterocycles. The lowest BCUT2D eigenvalue weighted by molar-refractivity contribution is 0.340. The molecule has 0 bridgehead atoms. The van der Waals surface area contributed by atoms with Crippen molar-refractivity contribution < 1.29 is 4.74 Å². The zero-order valence-corrected chi connectivity index (χ0v) is 12.4. The van der Waals surface area contributed by atoms with Crippen LogP contribution in [0.25, 0.3) is 27.7 Å². The van der Waals surface area contributed by atoms with E-state index in [1.54, 1.807) is 0 Å². The predicted octanol–water partition coefficient (Wildman–Crippen LogP) is 4.55. The number of aromatic nitrogens is 2. The lowest BCUT2D eigenvalue weighted by atomic mass is 10.1. The summed E-state index contributed by atoms with van der Waals surface area (Å²) in [4.78, 5) is 4.81. The summed E-state index contributed by atoms with van der Waals surface area (Å²) in [6.07, 6.45) is 4.13. The number of fused-ring (bicyclic) bond motifs is 3. The average Bonchev–Trinajstić information content (AvgIpc) is 3.00. The summed E-state index contributed by atoms with van der Waals surface area (Å²) < 4.78 is 7.57. The smallest absolute Gasteiger partial charge is 0.145 e. The molecular weight excluding hydrogens is 272 g/mol. The van der Waals surface area contributed by atoms with Crippen LogP contribution in [-0.2, 0) is 0 Å². The summed E-state index contributed by atoms with van der Waals surface area (Å²) in [5.41, 5.74) is 3.05. The van der Waals surface area contributed by atoms with Crippen molar-refractivity contribution in [3.63, 3.8) is 0 Å². The Labute approximate surface area is 128 Å². The van der Waals surface area contributed by atoms with Gasteiger partial charge in [-0.1, -0.05) is 24.3 Å². The van der Waals surface area contributed by atoms with Gasteiger partial charge in [-0.25, -0.2) is 4.98 Å². The minimum atomic E-state index is 0.680. The highest BCUT2D eigenvalue weighted by Gasteiger charge is 2.07. The highest BCUT2D eigenvalue weighted by molar-refractivity contribution is 5.94. The van der Waals surface area contributed by atoms with Gasteiger partial charge in [-0.15, -0.1) is 0 Å². The van der Waals surface area contributed by atoms with E-state index >= 15 is 0 Å². The van der Waals surface area contributed by atoms with E-state index in [1.165, 1.54) is 10.8 Å². The summed E-state index contributed by atoms with van der Waals surface area (Å²) in [7, 11) is 0. The lowest BCUT2D eigenvalue weighted by Crippen LogP contribution is -1.90. The maximum absolute atomic E-state index is 5.49. The van der Waals surface area contributed by atoms with E-state index in [0.717, 1.165) is 22.7 Å². The normalized spacial score (nSPS) is 11.1. The minimum Gasteiger partial charge on any atom is -0.494 e. The summed E-state index contributed by atoms with van der Waals surface area (Å²) in [6, 6.07) is 18.5. The summed E-state index contributed by atoms with van der Waals surface area (Å²) in [5.74, 6) is 0.889. The fraction of sp³-hybridized carbons (Fsp3) is 0.105. The van der Waals surface area contributed by atoms with Crippen molar-refractivity contribution in [2.24, 2.45) is 0 Å². The number of imidazole rings is 1. The second-order valence-corrected chi connectivity index (χ2v) is 5.22. The van der Waals surface area contributed by atoms with Crippen molar-refractivity contribution in [1.29, 1.82) is 0 Å². The van der Waals surface area contributed by atoms with Gasteiger partial charge in [0.2, 0.25) is 0 Å². The Morgan fingerprint density at radius 3 is 2.64 bits per heavy atom. The average molecular weight is 288 g/mol. The molecule has 0 amide bonds. The summed E-state index contributed by atoms with van der Waals surface area (Å²) in [5, 5.41) is 2.38. The van der Waals surface area contributed by atoms with Gasteiger partial charge in [0.1, 0.15) is 11.4 Å². The molecule has 0 aliphatic rings. The van der Waals surface area contributed by atoms with Gasteiger partial charge in [0, 0.05) is 23.3 Å².